The fourth-order valence-corrected chi connectivity index (χ4v) is 2.37. The highest BCUT2D eigenvalue weighted by Crippen LogP contribution is 2.30. The highest BCUT2D eigenvalue weighted by molar-refractivity contribution is 14.1. The Bertz CT molecular complexity index is 335. The number of hydrogen-bond acceptors (Lipinski definition) is 2. The Balaban J connectivity index is 3.31. The Morgan fingerprint density at radius 1 is 1.57 bits per heavy atom. The van der Waals surface area contributed by atoms with Gasteiger partial charge in [0, 0.05) is 20.7 Å². The van der Waals surface area contributed by atoms with E-state index in [0.29, 0.717) is 20.2 Å². The van der Waals surface area contributed by atoms with Crippen LogP contribution in [-0.4, -0.2) is 10.1 Å². The van der Waals surface area contributed by atoms with Crippen LogP contribution in [0.1, 0.15) is 23.2 Å². The molecule has 1 N–H and O–H groups in total. The lowest BCUT2D eigenvalue weighted by atomic mass is 10.1. The van der Waals surface area contributed by atoms with Crippen LogP contribution in [0.25, 0.3) is 0 Å². The lowest BCUT2D eigenvalue weighted by Crippen LogP contribution is -2.03. The molecule has 0 fully saturated rings. The zero-order valence-electron chi connectivity index (χ0n) is 6.98. The molecule has 0 spiro atoms. The van der Waals surface area contributed by atoms with Crippen molar-refractivity contribution in [2.45, 2.75) is 18.4 Å². The van der Waals surface area contributed by atoms with Gasteiger partial charge in [-0.3, -0.25) is 4.98 Å². The van der Waals surface area contributed by atoms with Crippen LogP contribution in [0.15, 0.2) is 6.20 Å². The van der Waals surface area contributed by atoms with E-state index < -0.39 is 6.43 Å². The summed E-state index contributed by atoms with van der Waals surface area (Å²) in [6, 6.07) is 0. The minimum atomic E-state index is -2.54. The highest BCUT2D eigenvalue weighted by Gasteiger charge is 2.19. The van der Waals surface area contributed by atoms with E-state index in [1.165, 1.54) is 6.20 Å². The number of aliphatic hydroxyl groups excluding tert-OH is 1. The van der Waals surface area contributed by atoms with Gasteiger partial charge in [-0.15, -0.1) is 0 Å². The number of nitrogens with zero attached hydrogens (tertiary/aromatic N) is 1. The van der Waals surface area contributed by atoms with E-state index in [0.717, 1.165) is 0 Å². The van der Waals surface area contributed by atoms with Crippen LogP contribution in [0.4, 0.5) is 8.78 Å². The summed E-state index contributed by atoms with van der Waals surface area (Å²) in [6.45, 7) is -0.319. The average Bonchev–Trinajstić information content (AvgIpc) is 2.16. The molecule has 78 valence electrons. The SMILES string of the molecule is OCc1ncc(CBr)c(C(F)F)c1I. The summed E-state index contributed by atoms with van der Waals surface area (Å²) in [6.07, 6.45) is -1.17. The van der Waals surface area contributed by atoms with Crippen molar-refractivity contribution >= 4 is 38.5 Å². The zero-order valence-corrected chi connectivity index (χ0v) is 10.7. The zero-order chi connectivity index (χ0) is 10.7. The fourth-order valence-electron chi connectivity index (χ4n) is 1.03. The maximum absolute atomic E-state index is 12.7. The molecular weight excluding hydrogens is 371 g/mol. The van der Waals surface area contributed by atoms with E-state index >= 15 is 0 Å². The van der Waals surface area contributed by atoms with E-state index in [9.17, 15) is 8.78 Å². The molecule has 0 atom stereocenters. The molecule has 0 unspecified atom stereocenters. The first kappa shape index (κ1) is 12.3. The molecule has 0 saturated heterocycles. The van der Waals surface area contributed by atoms with Crippen LogP contribution in [0, 0.1) is 3.57 Å². The minimum absolute atomic E-state index is 0.0403. The molecule has 1 aromatic heterocycles. The van der Waals surface area contributed by atoms with Gasteiger partial charge in [0.05, 0.1) is 12.3 Å². The van der Waals surface area contributed by atoms with E-state index in [2.05, 4.69) is 20.9 Å². The van der Waals surface area contributed by atoms with Crippen LogP contribution in [0.2, 0.25) is 0 Å². The van der Waals surface area contributed by atoms with Gasteiger partial charge in [-0.2, -0.15) is 0 Å². The number of alkyl halides is 3. The van der Waals surface area contributed by atoms with Crippen LogP contribution in [-0.2, 0) is 11.9 Å². The molecule has 1 heterocycles. The number of rotatable bonds is 3. The molecule has 6 heteroatoms. The van der Waals surface area contributed by atoms with Crippen molar-refractivity contribution in [3.63, 3.8) is 0 Å². The van der Waals surface area contributed by atoms with E-state index in [1.807, 2.05) is 0 Å². The number of hydrogen-bond donors (Lipinski definition) is 1. The number of pyridine rings is 1. The van der Waals surface area contributed by atoms with Crippen LogP contribution < -0.4 is 0 Å². The van der Waals surface area contributed by atoms with Gasteiger partial charge in [-0.25, -0.2) is 8.78 Å². The third kappa shape index (κ3) is 2.40. The minimum Gasteiger partial charge on any atom is -0.390 e. The molecule has 2 nitrogen and oxygen atoms in total. The van der Waals surface area contributed by atoms with E-state index in [4.69, 9.17) is 5.11 Å². The van der Waals surface area contributed by atoms with Crippen LogP contribution >= 0.6 is 38.5 Å². The van der Waals surface area contributed by atoms with Crippen LogP contribution in [0.3, 0.4) is 0 Å². The molecular formula is C8H7BrF2INO. The number of aromatic nitrogens is 1. The molecule has 0 radical (unpaired) electrons. The first-order valence-corrected chi connectivity index (χ1v) is 5.93. The van der Waals surface area contributed by atoms with Crippen molar-refractivity contribution in [2.75, 3.05) is 0 Å². The largest absolute Gasteiger partial charge is 0.390 e. The van der Waals surface area contributed by atoms with E-state index in [-0.39, 0.29) is 12.2 Å². The summed E-state index contributed by atoms with van der Waals surface area (Å²) >= 11 is 4.90. The summed E-state index contributed by atoms with van der Waals surface area (Å²) in [5, 5.41) is 9.20. The molecule has 0 saturated carbocycles. The monoisotopic (exact) mass is 377 g/mol. The molecule has 0 aromatic carbocycles. The fraction of sp³-hybridized carbons (Fsp3) is 0.375. The molecule has 0 aliphatic heterocycles. The molecule has 0 bridgehead atoms. The van der Waals surface area contributed by atoms with Crippen LogP contribution in [0.5, 0.6) is 0 Å². The van der Waals surface area contributed by atoms with Crippen molar-refractivity contribution in [1.82, 2.24) is 4.98 Å². The van der Waals surface area contributed by atoms with Gasteiger partial charge in [-0.05, 0) is 28.2 Å². The molecule has 1 rings (SSSR count). The first-order valence-electron chi connectivity index (χ1n) is 3.73. The maximum Gasteiger partial charge on any atom is 0.265 e. The van der Waals surface area contributed by atoms with Gasteiger partial charge in [0.15, 0.2) is 0 Å². The van der Waals surface area contributed by atoms with Gasteiger partial charge < -0.3 is 5.11 Å². The number of aliphatic hydroxyl groups is 1. The summed E-state index contributed by atoms with van der Waals surface area (Å²) < 4.78 is 25.7. The number of halogens is 4. The smallest absolute Gasteiger partial charge is 0.265 e. The van der Waals surface area contributed by atoms with Crippen molar-refractivity contribution in [3.8, 4) is 0 Å². The van der Waals surface area contributed by atoms with Gasteiger partial charge >= 0.3 is 0 Å². The second-order valence-electron chi connectivity index (χ2n) is 2.55. The second-order valence-corrected chi connectivity index (χ2v) is 4.19. The Morgan fingerprint density at radius 2 is 2.21 bits per heavy atom. The normalized spacial score (nSPS) is 11.0. The second kappa shape index (κ2) is 5.32. The lowest BCUT2D eigenvalue weighted by molar-refractivity contribution is 0.149. The molecule has 0 amide bonds. The standard InChI is InChI=1S/C8H7BrF2INO/c9-1-4-2-13-5(3-14)7(12)6(4)8(10)11/h2,8,14H,1,3H2. The summed E-state index contributed by atoms with van der Waals surface area (Å²) in [5.74, 6) is 0. The quantitative estimate of drug-likeness (QED) is 0.648. The van der Waals surface area contributed by atoms with Gasteiger partial charge in [0.2, 0.25) is 0 Å². The van der Waals surface area contributed by atoms with Crippen molar-refractivity contribution in [1.29, 1.82) is 0 Å². The molecule has 0 aliphatic rings. The van der Waals surface area contributed by atoms with Crippen molar-refractivity contribution in [2.24, 2.45) is 0 Å². The average molecular weight is 378 g/mol. The molecule has 1 aromatic rings. The Kier molecular flexibility index (Phi) is 4.65. The Labute approximate surface area is 102 Å². The van der Waals surface area contributed by atoms with Gasteiger partial charge in [0.25, 0.3) is 6.43 Å². The third-order valence-electron chi connectivity index (χ3n) is 1.72. The highest BCUT2D eigenvalue weighted by atomic mass is 127. The summed E-state index contributed by atoms with van der Waals surface area (Å²) in [4.78, 5) is 3.89. The van der Waals surface area contributed by atoms with Crippen molar-refractivity contribution < 1.29 is 13.9 Å². The van der Waals surface area contributed by atoms with Gasteiger partial charge in [-0.1, -0.05) is 15.9 Å². The predicted octanol–water partition coefficient (Wildman–Crippen LogP) is 3.01. The maximum atomic E-state index is 12.7. The summed E-state index contributed by atoms with van der Waals surface area (Å²) in [7, 11) is 0. The lowest BCUT2D eigenvalue weighted by Gasteiger charge is -2.10. The van der Waals surface area contributed by atoms with Gasteiger partial charge in [0.1, 0.15) is 0 Å². The Hall–Kier alpha value is 0.180. The predicted molar refractivity (Wildman–Crippen MR) is 60.5 cm³/mol. The topological polar surface area (TPSA) is 33.1 Å². The third-order valence-corrected chi connectivity index (χ3v) is 3.53. The molecule has 14 heavy (non-hydrogen) atoms. The Morgan fingerprint density at radius 3 is 2.64 bits per heavy atom. The van der Waals surface area contributed by atoms with Crippen molar-refractivity contribution in [3.05, 3.63) is 26.6 Å². The first-order chi connectivity index (χ1) is 6.61. The van der Waals surface area contributed by atoms with E-state index in [1.54, 1.807) is 22.6 Å². The summed E-state index contributed by atoms with van der Waals surface area (Å²) in [5.41, 5.74) is 0.716. The molecule has 0 aliphatic carbocycles.